The van der Waals surface area contributed by atoms with Crippen LogP contribution >= 0.6 is 11.3 Å². The molecule has 0 unspecified atom stereocenters. The monoisotopic (exact) mass is 206 g/mol. The molecule has 1 aliphatic rings. The first kappa shape index (κ1) is 9.15. The Balaban J connectivity index is 1.94. The molecule has 4 heteroatoms. The fourth-order valence-corrected chi connectivity index (χ4v) is 1.92. The number of thiazole rings is 1. The van der Waals surface area contributed by atoms with Crippen molar-refractivity contribution >= 4 is 23.3 Å². The number of hydrogen-bond acceptors (Lipinski definition) is 3. The highest BCUT2D eigenvalue weighted by Crippen LogP contribution is 2.19. The molecule has 1 aromatic heterocycles. The lowest BCUT2D eigenvalue weighted by atomic mass is 10.1. The molecule has 1 fully saturated rings. The summed E-state index contributed by atoms with van der Waals surface area (Å²) in [5.41, 5.74) is 1.25. The summed E-state index contributed by atoms with van der Waals surface area (Å²) in [6, 6.07) is 0. The summed E-state index contributed by atoms with van der Waals surface area (Å²) in [6.07, 6.45) is 5.17. The second-order valence-electron chi connectivity index (χ2n) is 3.07. The molecule has 0 aliphatic carbocycles. The van der Waals surface area contributed by atoms with Crippen LogP contribution in [0.15, 0.2) is 29.8 Å². The van der Waals surface area contributed by atoms with E-state index in [9.17, 15) is 4.79 Å². The van der Waals surface area contributed by atoms with Crippen LogP contribution in [0.2, 0.25) is 0 Å². The van der Waals surface area contributed by atoms with Crippen molar-refractivity contribution in [2.75, 3.05) is 13.1 Å². The molecule has 2 heterocycles. The Kier molecular flexibility index (Phi) is 2.45. The highest BCUT2D eigenvalue weighted by molar-refractivity contribution is 7.10. The van der Waals surface area contributed by atoms with Gasteiger partial charge in [0.1, 0.15) is 5.01 Å². The molecular formula is C10H10N2OS. The van der Waals surface area contributed by atoms with Gasteiger partial charge in [-0.3, -0.25) is 4.79 Å². The number of amides is 1. The normalized spacial score (nSPS) is 14.9. The van der Waals surface area contributed by atoms with Crippen molar-refractivity contribution in [2.45, 2.75) is 0 Å². The highest BCUT2D eigenvalue weighted by atomic mass is 32.1. The minimum Gasteiger partial charge on any atom is -0.331 e. The van der Waals surface area contributed by atoms with E-state index >= 15 is 0 Å². The van der Waals surface area contributed by atoms with Crippen molar-refractivity contribution in [2.24, 2.45) is 0 Å². The number of hydrogen-bond donors (Lipinski definition) is 0. The molecule has 1 aromatic rings. The van der Waals surface area contributed by atoms with Gasteiger partial charge in [0.15, 0.2) is 0 Å². The number of nitrogens with zero attached hydrogens (tertiary/aromatic N) is 2. The number of rotatable bonds is 2. The number of aromatic nitrogens is 1. The topological polar surface area (TPSA) is 33.2 Å². The summed E-state index contributed by atoms with van der Waals surface area (Å²) in [5.74, 6) is 0.00119. The van der Waals surface area contributed by atoms with Gasteiger partial charge in [-0.25, -0.2) is 4.98 Å². The van der Waals surface area contributed by atoms with Crippen LogP contribution in [0.3, 0.4) is 0 Å². The predicted molar refractivity (Wildman–Crippen MR) is 56.9 cm³/mol. The summed E-state index contributed by atoms with van der Waals surface area (Å²) in [6.45, 7) is 4.87. The maximum absolute atomic E-state index is 11.1. The van der Waals surface area contributed by atoms with Gasteiger partial charge in [0, 0.05) is 24.7 Å². The van der Waals surface area contributed by atoms with Crippen LogP contribution in [0.4, 0.5) is 0 Å². The molecule has 1 amide bonds. The Morgan fingerprint density at radius 2 is 2.43 bits per heavy atom. The van der Waals surface area contributed by atoms with Crippen LogP contribution < -0.4 is 0 Å². The third-order valence-corrected chi connectivity index (χ3v) is 2.78. The van der Waals surface area contributed by atoms with Crippen molar-refractivity contribution < 1.29 is 4.79 Å². The van der Waals surface area contributed by atoms with Gasteiger partial charge in [-0.05, 0) is 17.7 Å². The Hall–Kier alpha value is -1.42. The van der Waals surface area contributed by atoms with E-state index < -0.39 is 0 Å². The first-order valence-electron chi connectivity index (χ1n) is 4.30. The Morgan fingerprint density at radius 3 is 3.00 bits per heavy atom. The van der Waals surface area contributed by atoms with Crippen LogP contribution in [0, 0.1) is 0 Å². The third kappa shape index (κ3) is 1.75. The molecule has 0 radical (unpaired) electrons. The van der Waals surface area contributed by atoms with E-state index in [-0.39, 0.29) is 5.91 Å². The Morgan fingerprint density at radius 1 is 1.64 bits per heavy atom. The van der Waals surface area contributed by atoms with E-state index in [0.717, 1.165) is 5.01 Å². The van der Waals surface area contributed by atoms with Gasteiger partial charge in [0.2, 0.25) is 5.91 Å². The second-order valence-corrected chi connectivity index (χ2v) is 4.00. The summed E-state index contributed by atoms with van der Waals surface area (Å²) in [7, 11) is 0. The number of carbonyl (C=O) groups excluding carboxylic acids is 1. The van der Waals surface area contributed by atoms with E-state index in [1.165, 1.54) is 11.6 Å². The lowest BCUT2D eigenvalue weighted by molar-refractivity contribution is -0.127. The molecule has 0 saturated carbocycles. The maximum Gasteiger partial charge on any atom is 0.246 e. The molecule has 1 aliphatic heterocycles. The van der Waals surface area contributed by atoms with Gasteiger partial charge < -0.3 is 4.90 Å². The van der Waals surface area contributed by atoms with Gasteiger partial charge in [-0.1, -0.05) is 6.58 Å². The first-order valence-corrected chi connectivity index (χ1v) is 5.18. The fraction of sp³-hybridized carbons (Fsp3) is 0.200. The largest absolute Gasteiger partial charge is 0.331 e. The van der Waals surface area contributed by atoms with E-state index in [1.54, 1.807) is 22.4 Å². The summed E-state index contributed by atoms with van der Waals surface area (Å²) < 4.78 is 0. The first-order chi connectivity index (χ1) is 6.79. The molecule has 72 valence electrons. The van der Waals surface area contributed by atoms with Gasteiger partial charge in [0.25, 0.3) is 0 Å². The van der Waals surface area contributed by atoms with E-state index in [4.69, 9.17) is 0 Å². The second kappa shape index (κ2) is 3.75. The summed E-state index contributed by atoms with van der Waals surface area (Å²) in [5, 5.41) is 2.95. The van der Waals surface area contributed by atoms with Crippen molar-refractivity contribution in [3.05, 3.63) is 34.8 Å². The zero-order chi connectivity index (χ0) is 9.97. The van der Waals surface area contributed by atoms with Crippen LogP contribution in [0.25, 0.3) is 6.08 Å². The number of likely N-dealkylation sites (tertiary alicyclic amines) is 1. The van der Waals surface area contributed by atoms with Gasteiger partial charge >= 0.3 is 0 Å². The van der Waals surface area contributed by atoms with Crippen LogP contribution in [-0.2, 0) is 4.79 Å². The molecular weight excluding hydrogens is 196 g/mol. The van der Waals surface area contributed by atoms with Crippen LogP contribution in [0.5, 0.6) is 0 Å². The standard InChI is InChI=1S/C10H10N2OS/c1-2-10(13)12-6-8(7-12)5-9-11-3-4-14-9/h2-5H,1,6-7H2. The van der Waals surface area contributed by atoms with Crippen molar-refractivity contribution in [3.8, 4) is 0 Å². The summed E-state index contributed by atoms with van der Waals surface area (Å²) >= 11 is 1.60. The van der Waals surface area contributed by atoms with E-state index in [1.807, 2.05) is 11.5 Å². The average molecular weight is 206 g/mol. The minimum absolute atomic E-state index is 0.00119. The highest BCUT2D eigenvalue weighted by Gasteiger charge is 2.22. The zero-order valence-electron chi connectivity index (χ0n) is 7.64. The molecule has 2 rings (SSSR count). The molecule has 1 saturated heterocycles. The van der Waals surface area contributed by atoms with Gasteiger partial charge in [-0.15, -0.1) is 11.3 Å². The average Bonchev–Trinajstić information content (AvgIpc) is 2.61. The van der Waals surface area contributed by atoms with E-state index in [2.05, 4.69) is 11.6 Å². The Labute approximate surface area is 86.4 Å². The lowest BCUT2D eigenvalue weighted by Crippen LogP contribution is -2.43. The fourth-order valence-electron chi connectivity index (χ4n) is 1.30. The quantitative estimate of drug-likeness (QED) is 0.688. The summed E-state index contributed by atoms with van der Waals surface area (Å²) in [4.78, 5) is 17.0. The molecule has 0 atom stereocenters. The third-order valence-electron chi connectivity index (χ3n) is 2.05. The van der Waals surface area contributed by atoms with Gasteiger partial charge in [0.05, 0.1) is 0 Å². The molecule has 14 heavy (non-hydrogen) atoms. The maximum atomic E-state index is 11.1. The van der Waals surface area contributed by atoms with Crippen LogP contribution in [-0.4, -0.2) is 28.9 Å². The molecule has 0 aromatic carbocycles. The predicted octanol–water partition coefficient (Wildman–Crippen LogP) is 1.55. The van der Waals surface area contributed by atoms with Crippen molar-refractivity contribution in [3.63, 3.8) is 0 Å². The van der Waals surface area contributed by atoms with E-state index in [0.29, 0.717) is 13.1 Å². The molecule has 0 N–H and O–H groups in total. The van der Waals surface area contributed by atoms with Crippen LogP contribution in [0.1, 0.15) is 5.01 Å². The molecule has 0 spiro atoms. The minimum atomic E-state index is 0.00119. The van der Waals surface area contributed by atoms with Crippen molar-refractivity contribution in [1.82, 2.24) is 9.88 Å². The van der Waals surface area contributed by atoms with Gasteiger partial charge in [-0.2, -0.15) is 0 Å². The number of carbonyl (C=O) groups is 1. The zero-order valence-corrected chi connectivity index (χ0v) is 8.46. The van der Waals surface area contributed by atoms with Crippen molar-refractivity contribution in [1.29, 1.82) is 0 Å². The lowest BCUT2D eigenvalue weighted by Gasteiger charge is -2.32. The smallest absolute Gasteiger partial charge is 0.246 e. The molecule has 0 bridgehead atoms. The Bertz CT molecular complexity index is 373. The molecule has 3 nitrogen and oxygen atoms in total. The SMILES string of the molecule is C=CC(=O)N1CC(=Cc2nccs2)C1.